The Balaban J connectivity index is 1.80. The van der Waals surface area contributed by atoms with Crippen molar-refractivity contribution in [1.82, 2.24) is 9.62 Å². The minimum Gasteiger partial charge on any atom is -0.325 e. The Morgan fingerprint density at radius 3 is 2.44 bits per heavy atom. The van der Waals surface area contributed by atoms with E-state index in [1.54, 1.807) is 19.1 Å². The van der Waals surface area contributed by atoms with Crippen LogP contribution in [0.15, 0.2) is 47.4 Å². The van der Waals surface area contributed by atoms with Gasteiger partial charge in [-0.25, -0.2) is 13.1 Å². The molecule has 1 aliphatic rings. The molecule has 3 rings (SSSR count). The van der Waals surface area contributed by atoms with E-state index in [1.807, 2.05) is 50.2 Å². The Bertz CT molecular complexity index is 953. The summed E-state index contributed by atoms with van der Waals surface area (Å²) in [4.78, 5) is 13.9. The van der Waals surface area contributed by atoms with E-state index in [2.05, 4.69) is 10.0 Å². The van der Waals surface area contributed by atoms with Crippen molar-refractivity contribution in [3.05, 3.63) is 59.2 Å². The molecule has 0 bridgehead atoms. The van der Waals surface area contributed by atoms with Crippen molar-refractivity contribution < 1.29 is 13.2 Å². The number of amides is 1. The third-order valence-corrected chi connectivity index (χ3v) is 6.42. The number of nitrogens with zero attached hydrogens (tertiary/aromatic N) is 1. The minimum atomic E-state index is -3.68. The molecule has 1 amide bonds. The summed E-state index contributed by atoms with van der Waals surface area (Å²) >= 11 is 0. The number of carbonyl (C=O) groups excluding carboxylic acids is 1. The fraction of sp³-hybridized carbons (Fsp3) is 0.350. The topological polar surface area (TPSA) is 78.5 Å². The number of aryl methyl sites for hydroxylation is 1. The van der Waals surface area contributed by atoms with Gasteiger partial charge in [0.2, 0.25) is 15.9 Å². The van der Waals surface area contributed by atoms with E-state index in [0.29, 0.717) is 11.3 Å². The highest BCUT2D eigenvalue weighted by Crippen LogP contribution is 2.33. The molecule has 0 aliphatic carbocycles. The summed E-state index contributed by atoms with van der Waals surface area (Å²) in [7, 11) is 0.164. The Kier molecular flexibility index (Phi) is 5.37. The first-order valence-electron chi connectivity index (χ1n) is 8.86. The lowest BCUT2D eigenvalue weighted by atomic mass is 10.0. The second-order valence-electron chi connectivity index (χ2n) is 7.20. The molecule has 2 N–H and O–H groups in total. The number of likely N-dealkylation sites (N-methyl/N-ethyl adjacent to an activating group) is 1. The minimum absolute atomic E-state index is 0.0861. The Morgan fingerprint density at radius 1 is 1.15 bits per heavy atom. The normalized spacial score (nSPS) is 17.7. The predicted octanol–water partition coefficient (Wildman–Crippen LogP) is 2.63. The molecule has 27 heavy (non-hydrogen) atoms. The van der Waals surface area contributed by atoms with Crippen molar-refractivity contribution in [3.63, 3.8) is 0 Å². The number of sulfonamides is 1. The van der Waals surface area contributed by atoms with Crippen LogP contribution < -0.4 is 10.0 Å². The summed E-state index contributed by atoms with van der Waals surface area (Å²) in [6.45, 7) is 4.04. The molecule has 0 spiro atoms. The molecule has 0 radical (unpaired) electrons. The summed E-state index contributed by atoms with van der Waals surface area (Å²) in [6.07, 6.45) is 0. The lowest BCUT2D eigenvalue weighted by Gasteiger charge is -2.25. The fourth-order valence-corrected chi connectivity index (χ4v) is 4.29. The van der Waals surface area contributed by atoms with Crippen LogP contribution in [0.5, 0.6) is 0 Å². The van der Waals surface area contributed by atoms with Gasteiger partial charge in [-0.3, -0.25) is 4.79 Å². The maximum Gasteiger partial charge on any atom is 0.240 e. The van der Waals surface area contributed by atoms with Crippen LogP contribution >= 0.6 is 0 Å². The Hall–Kier alpha value is -2.22. The van der Waals surface area contributed by atoms with E-state index in [9.17, 15) is 13.2 Å². The third-order valence-electron chi connectivity index (χ3n) is 5.00. The van der Waals surface area contributed by atoms with E-state index in [-0.39, 0.29) is 29.3 Å². The number of hydrogen-bond donors (Lipinski definition) is 2. The summed E-state index contributed by atoms with van der Waals surface area (Å²) < 4.78 is 28.3. The summed E-state index contributed by atoms with van der Waals surface area (Å²) in [5.74, 6) is -0.461. The average Bonchev–Trinajstić information content (AvgIpc) is 2.90. The second kappa shape index (κ2) is 7.42. The molecule has 2 aromatic rings. The first-order chi connectivity index (χ1) is 12.7. The summed E-state index contributed by atoms with van der Waals surface area (Å²) in [5, 5.41) is 2.76. The van der Waals surface area contributed by atoms with Gasteiger partial charge in [-0.1, -0.05) is 29.8 Å². The van der Waals surface area contributed by atoms with Crippen LogP contribution in [0, 0.1) is 6.92 Å². The fourth-order valence-electron chi connectivity index (χ4n) is 3.22. The first kappa shape index (κ1) is 19.5. The molecular weight excluding hydrogens is 362 g/mol. The predicted molar refractivity (Wildman–Crippen MR) is 106 cm³/mol. The van der Waals surface area contributed by atoms with Gasteiger partial charge in [0, 0.05) is 18.3 Å². The molecule has 7 heteroatoms. The van der Waals surface area contributed by atoms with Crippen LogP contribution in [0.25, 0.3) is 0 Å². The zero-order valence-corrected chi connectivity index (χ0v) is 16.8. The van der Waals surface area contributed by atoms with Gasteiger partial charge in [-0.15, -0.1) is 0 Å². The molecular formula is C20H25N3O3S. The van der Waals surface area contributed by atoms with Gasteiger partial charge in [0.1, 0.15) is 0 Å². The summed E-state index contributed by atoms with van der Waals surface area (Å²) in [6, 6.07) is 12.7. The van der Waals surface area contributed by atoms with E-state index >= 15 is 0 Å². The molecule has 0 saturated carbocycles. The smallest absolute Gasteiger partial charge is 0.240 e. The number of fused-ring (bicyclic) bond motifs is 1. The lowest BCUT2D eigenvalue weighted by Crippen LogP contribution is -2.34. The maximum absolute atomic E-state index is 12.8. The Labute approximate surface area is 160 Å². The van der Waals surface area contributed by atoms with Gasteiger partial charge in [-0.2, -0.15) is 0 Å². The first-order valence-corrected chi connectivity index (χ1v) is 10.3. The zero-order valence-electron chi connectivity index (χ0n) is 16.0. The number of rotatable bonds is 6. The molecule has 0 fully saturated rings. The van der Waals surface area contributed by atoms with Crippen LogP contribution in [0.4, 0.5) is 5.69 Å². The van der Waals surface area contributed by atoms with Crippen LogP contribution in [0.1, 0.15) is 35.6 Å². The highest BCUT2D eigenvalue weighted by molar-refractivity contribution is 7.89. The molecule has 2 aromatic carbocycles. The quantitative estimate of drug-likeness (QED) is 0.799. The van der Waals surface area contributed by atoms with Crippen molar-refractivity contribution in [2.24, 2.45) is 0 Å². The SMILES string of the molecule is Cc1ccc([C@H](CNS(=O)(=O)c2ccc3c(c2)[C@@H](C)C(=O)N3)N(C)C)cc1. The van der Waals surface area contributed by atoms with Crippen molar-refractivity contribution in [1.29, 1.82) is 0 Å². The monoisotopic (exact) mass is 387 g/mol. The highest BCUT2D eigenvalue weighted by atomic mass is 32.2. The number of anilines is 1. The molecule has 0 aromatic heterocycles. The van der Waals surface area contributed by atoms with Crippen molar-refractivity contribution in [2.75, 3.05) is 26.0 Å². The molecule has 2 atom stereocenters. The zero-order chi connectivity index (χ0) is 19.8. The number of nitrogens with one attached hydrogen (secondary N) is 2. The molecule has 0 saturated heterocycles. The van der Waals surface area contributed by atoms with Gasteiger partial charge >= 0.3 is 0 Å². The van der Waals surface area contributed by atoms with Gasteiger partial charge < -0.3 is 10.2 Å². The standard InChI is InChI=1S/C20H25N3O3S/c1-13-5-7-15(8-6-13)19(23(3)4)12-21-27(25,26)16-9-10-18-17(11-16)14(2)20(24)22-18/h5-11,14,19,21H,12H2,1-4H3,(H,22,24)/t14-,19+/m1/s1. The number of benzene rings is 2. The lowest BCUT2D eigenvalue weighted by molar-refractivity contribution is -0.116. The molecule has 0 unspecified atom stereocenters. The Morgan fingerprint density at radius 2 is 1.81 bits per heavy atom. The van der Waals surface area contributed by atoms with E-state index in [4.69, 9.17) is 0 Å². The second-order valence-corrected chi connectivity index (χ2v) is 8.97. The average molecular weight is 388 g/mol. The molecule has 144 valence electrons. The highest BCUT2D eigenvalue weighted by Gasteiger charge is 2.28. The van der Waals surface area contributed by atoms with Crippen LogP contribution in [0.2, 0.25) is 0 Å². The van der Waals surface area contributed by atoms with Crippen molar-refractivity contribution in [3.8, 4) is 0 Å². The molecule has 1 heterocycles. The van der Waals surface area contributed by atoms with Gasteiger partial charge in [0.25, 0.3) is 0 Å². The van der Waals surface area contributed by atoms with E-state index < -0.39 is 10.0 Å². The number of carbonyl (C=O) groups is 1. The third kappa shape index (κ3) is 4.05. The molecule has 6 nitrogen and oxygen atoms in total. The van der Waals surface area contributed by atoms with Crippen LogP contribution in [0.3, 0.4) is 0 Å². The van der Waals surface area contributed by atoms with Gasteiger partial charge in [0.15, 0.2) is 0 Å². The van der Waals surface area contributed by atoms with Gasteiger partial charge in [-0.05, 0) is 57.3 Å². The maximum atomic E-state index is 12.8. The van der Waals surface area contributed by atoms with Crippen LogP contribution in [-0.2, 0) is 14.8 Å². The number of hydrogen-bond acceptors (Lipinski definition) is 4. The van der Waals surface area contributed by atoms with Crippen LogP contribution in [-0.4, -0.2) is 39.9 Å². The van der Waals surface area contributed by atoms with Gasteiger partial charge in [0.05, 0.1) is 10.8 Å². The largest absolute Gasteiger partial charge is 0.325 e. The van der Waals surface area contributed by atoms with Crippen molar-refractivity contribution in [2.45, 2.75) is 30.7 Å². The van der Waals surface area contributed by atoms with E-state index in [1.165, 1.54) is 6.07 Å². The van der Waals surface area contributed by atoms with E-state index in [0.717, 1.165) is 11.1 Å². The summed E-state index contributed by atoms with van der Waals surface area (Å²) in [5.41, 5.74) is 3.60. The van der Waals surface area contributed by atoms with Crippen molar-refractivity contribution >= 4 is 21.6 Å². The molecule has 1 aliphatic heterocycles.